The van der Waals surface area contributed by atoms with Gasteiger partial charge in [-0.1, -0.05) is 12.1 Å². The van der Waals surface area contributed by atoms with E-state index in [-0.39, 0.29) is 23.3 Å². The molecule has 0 aliphatic carbocycles. The number of carbonyl (C=O) groups excluding carboxylic acids is 4. The van der Waals surface area contributed by atoms with Crippen molar-refractivity contribution in [3.63, 3.8) is 0 Å². The van der Waals surface area contributed by atoms with Crippen LogP contribution in [-0.4, -0.2) is 42.2 Å². The molecule has 31 heavy (non-hydrogen) atoms. The smallest absolute Gasteiger partial charge is 0.339 e. The first-order chi connectivity index (χ1) is 14.7. The van der Waals surface area contributed by atoms with Crippen LogP contribution < -0.4 is 16.0 Å². The Bertz CT molecular complexity index is 950. The normalized spacial score (nSPS) is 10.3. The molecular formula is C21H22FN3O5S. The number of imide groups is 1. The zero-order chi connectivity index (χ0) is 22.8. The van der Waals surface area contributed by atoms with E-state index in [1.165, 1.54) is 30.3 Å². The quantitative estimate of drug-likeness (QED) is 0.424. The van der Waals surface area contributed by atoms with Gasteiger partial charge in [-0.25, -0.2) is 14.0 Å². The van der Waals surface area contributed by atoms with Crippen molar-refractivity contribution in [1.82, 2.24) is 10.6 Å². The van der Waals surface area contributed by atoms with E-state index in [4.69, 9.17) is 4.74 Å². The summed E-state index contributed by atoms with van der Waals surface area (Å²) in [7, 11) is 0. The van der Waals surface area contributed by atoms with Gasteiger partial charge in [-0.05, 0) is 50.2 Å². The number of amides is 4. The third kappa shape index (κ3) is 8.47. The number of anilines is 1. The van der Waals surface area contributed by atoms with Crippen molar-refractivity contribution in [3.8, 4) is 0 Å². The largest absolute Gasteiger partial charge is 0.452 e. The van der Waals surface area contributed by atoms with E-state index >= 15 is 0 Å². The molecule has 0 unspecified atom stereocenters. The number of halogens is 1. The lowest BCUT2D eigenvalue weighted by atomic mass is 10.2. The Morgan fingerprint density at radius 2 is 1.68 bits per heavy atom. The molecular weight excluding hydrogens is 425 g/mol. The Morgan fingerprint density at radius 3 is 2.35 bits per heavy atom. The van der Waals surface area contributed by atoms with E-state index < -0.39 is 30.3 Å². The topological polar surface area (TPSA) is 114 Å². The lowest BCUT2D eigenvalue weighted by Crippen LogP contribution is -2.44. The van der Waals surface area contributed by atoms with Gasteiger partial charge in [0.05, 0.1) is 11.3 Å². The number of nitrogens with one attached hydrogen (secondary N) is 3. The van der Waals surface area contributed by atoms with Gasteiger partial charge in [0.2, 0.25) is 5.91 Å². The summed E-state index contributed by atoms with van der Waals surface area (Å²) in [6.45, 7) is 2.84. The Balaban J connectivity index is 1.88. The first-order valence-electron chi connectivity index (χ1n) is 9.29. The molecule has 0 saturated heterocycles. The van der Waals surface area contributed by atoms with Crippen LogP contribution in [0.5, 0.6) is 0 Å². The van der Waals surface area contributed by atoms with E-state index in [2.05, 4.69) is 16.0 Å². The Morgan fingerprint density at radius 1 is 1.00 bits per heavy atom. The molecule has 10 heteroatoms. The zero-order valence-electron chi connectivity index (χ0n) is 16.9. The van der Waals surface area contributed by atoms with Crippen LogP contribution in [-0.2, 0) is 14.3 Å². The first kappa shape index (κ1) is 23.9. The number of esters is 1. The van der Waals surface area contributed by atoms with E-state index in [0.717, 1.165) is 11.8 Å². The molecule has 3 N–H and O–H groups in total. The van der Waals surface area contributed by atoms with E-state index in [1.54, 1.807) is 32.0 Å². The summed E-state index contributed by atoms with van der Waals surface area (Å²) in [4.78, 5) is 48.2. The van der Waals surface area contributed by atoms with Crippen molar-refractivity contribution >= 4 is 41.3 Å². The number of rotatable bonds is 8. The molecule has 0 radical (unpaired) electrons. The van der Waals surface area contributed by atoms with Crippen LogP contribution in [0.15, 0.2) is 53.4 Å². The lowest BCUT2D eigenvalue weighted by Gasteiger charge is -2.11. The fraction of sp³-hybridized carbons (Fsp3) is 0.238. The standard InChI is InChI=1S/C21H22FN3O5S/c1-13(2)23-21(29)25-18(26)11-30-20(28)16-5-3-4-6-17(16)31-12-19(27)24-15-9-7-14(22)8-10-15/h3-10,13H,11-12H2,1-2H3,(H,24,27)(H2,23,25,26,29). The number of hydrogen-bond acceptors (Lipinski definition) is 6. The number of ether oxygens (including phenoxy) is 1. The second-order valence-corrected chi connectivity index (χ2v) is 7.61. The van der Waals surface area contributed by atoms with Crippen LogP contribution in [0.25, 0.3) is 0 Å². The molecule has 164 valence electrons. The monoisotopic (exact) mass is 447 g/mol. The molecule has 0 aliphatic heterocycles. The minimum Gasteiger partial charge on any atom is -0.452 e. The summed E-state index contributed by atoms with van der Waals surface area (Å²) < 4.78 is 17.9. The predicted molar refractivity (Wildman–Crippen MR) is 114 cm³/mol. The van der Waals surface area contributed by atoms with Crippen molar-refractivity contribution in [2.24, 2.45) is 0 Å². The van der Waals surface area contributed by atoms with Crippen molar-refractivity contribution in [1.29, 1.82) is 0 Å². The Kier molecular flexibility index (Phi) is 9.01. The number of benzene rings is 2. The molecule has 2 aromatic carbocycles. The molecule has 8 nitrogen and oxygen atoms in total. The highest BCUT2D eigenvalue weighted by atomic mass is 32.2. The van der Waals surface area contributed by atoms with Gasteiger partial charge in [0.1, 0.15) is 5.82 Å². The average molecular weight is 447 g/mol. The summed E-state index contributed by atoms with van der Waals surface area (Å²) >= 11 is 1.11. The molecule has 0 spiro atoms. The molecule has 0 heterocycles. The van der Waals surface area contributed by atoms with Gasteiger partial charge < -0.3 is 15.4 Å². The highest BCUT2D eigenvalue weighted by Crippen LogP contribution is 2.23. The van der Waals surface area contributed by atoms with Crippen LogP contribution in [0.1, 0.15) is 24.2 Å². The van der Waals surface area contributed by atoms with Crippen molar-refractivity contribution in [2.45, 2.75) is 24.8 Å². The maximum absolute atomic E-state index is 12.9. The molecule has 2 rings (SSSR count). The van der Waals surface area contributed by atoms with Crippen molar-refractivity contribution in [2.75, 3.05) is 17.7 Å². The van der Waals surface area contributed by atoms with E-state index in [0.29, 0.717) is 10.6 Å². The fourth-order valence-corrected chi connectivity index (χ4v) is 3.14. The molecule has 0 aliphatic rings. The number of carbonyl (C=O) groups is 4. The van der Waals surface area contributed by atoms with Gasteiger partial charge in [0, 0.05) is 16.6 Å². The molecule has 0 atom stereocenters. The third-order valence-corrected chi connectivity index (χ3v) is 4.67. The van der Waals surface area contributed by atoms with Gasteiger partial charge in [-0.15, -0.1) is 11.8 Å². The summed E-state index contributed by atoms with van der Waals surface area (Å²) in [5.41, 5.74) is 0.633. The Labute approximate surface area is 182 Å². The second kappa shape index (κ2) is 11.7. The summed E-state index contributed by atoms with van der Waals surface area (Å²) in [5, 5.41) is 7.16. The molecule has 0 fully saturated rings. The van der Waals surface area contributed by atoms with Crippen LogP contribution in [0, 0.1) is 5.82 Å². The fourth-order valence-electron chi connectivity index (χ4n) is 2.30. The molecule has 2 aromatic rings. The van der Waals surface area contributed by atoms with Crippen LogP contribution in [0.3, 0.4) is 0 Å². The highest BCUT2D eigenvalue weighted by Gasteiger charge is 2.17. The van der Waals surface area contributed by atoms with Crippen LogP contribution in [0.2, 0.25) is 0 Å². The lowest BCUT2D eigenvalue weighted by molar-refractivity contribution is -0.123. The van der Waals surface area contributed by atoms with Crippen LogP contribution in [0.4, 0.5) is 14.9 Å². The predicted octanol–water partition coefficient (Wildman–Crippen LogP) is 2.95. The van der Waals surface area contributed by atoms with Crippen LogP contribution >= 0.6 is 11.8 Å². The van der Waals surface area contributed by atoms with Gasteiger partial charge in [-0.3, -0.25) is 14.9 Å². The molecule has 0 bridgehead atoms. The number of thioether (sulfide) groups is 1. The zero-order valence-corrected chi connectivity index (χ0v) is 17.8. The highest BCUT2D eigenvalue weighted by molar-refractivity contribution is 8.00. The molecule has 0 saturated carbocycles. The number of hydrogen-bond donors (Lipinski definition) is 3. The van der Waals surface area contributed by atoms with E-state index in [9.17, 15) is 23.6 Å². The van der Waals surface area contributed by atoms with Gasteiger partial charge in [0.25, 0.3) is 5.91 Å². The van der Waals surface area contributed by atoms with Crippen molar-refractivity contribution in [3.05, 3.63) is 59.9 Å². The second-order valence-electron chi connectivity index (χ2n) is 6.59. The minimum absolute atomic E-state index is 0.00245. The SMILES string of the molecule is CC(C)NC(=O)NC(=O)COC(=O)c1ccccc1SCC(=O)Nc1ccc(F)cc1. The van der Waals surface area contributed by atoms with Gasteiger partial charge in [0.15, 0.2) is 6.61 Å². The summed E-state index contributed by atoms with van der Waals surface area (Å²) in [5.74, 6) is -2.28. The van der Waals surface area contributed by atoms with Gasteiger partial charge in [-0.2, -0.15) is 0 Å². The third-order valence-electron chi connectivity index (χ3n) is 3.60. The molecule has 0 aromatic heterocycles. The van der Waals surface area contributed by atoms with E-state index in [1.807, 2.05) is 0 Å². The maximum Gasteiger partial charge on any atom is 0.339 e. The maximum atomic E-state index is 12.9. The Hall–Kier alpha value is -3.40. The summed E-state index contributed by atoms with van der Waals surface area (Å²) in [6, 6.07) is 11.0. The number of urea groups is 1. The minimum atomic E-state index is -0.768. The molecule has 4 amide bonds. The van der Waals surface area contributed by atoms with Crippen molar-refractivity contribution < 1.29 is 28.3 Å². The average Bonchev–Trinajstić information content (AvgIpc) is 2.71. The van der Waals surface area contributed by atoms with Gasteiger partial charge >= 0.3 is 12.0 Å². The summed E-state index contributed by atoms with van der Waals surface area (Å²) in [6.07, 6.45) is 0. The first-order valence-corrected chi connectivity index (χ1v) is 10.3.